The monoisotopic (exact) mass is 223 g/mol. The highest BCUT2D eigenvalue weighted by Crippen LogP contribution is 2.01. The third-order valence-corrected chi connectivity index (χ3v) is 2.28. The molecule has 16 heavy (non-hydrogen) atoms. The van der Waals surface area contributed by atoms with E-state index in [1.54, 1.807) is 11.9 Å². The normalized spacial score (nSPS) is 10.1. The lowest BCUT2D eigenvalue weighted by atomic mass is 10.2. The van der Waals surface area contributed by atoms with Gasteiger partial charge in [-0.1, -0.05) is 0 Å². The predicted molar refractivity (Wildman–Crippen MR) is 59.9 cm³/mol. The van der Waals surface area contributed by atoms with Crippen molar-refractivity contribution in [2.45, 2.75) is 19.3 Å². The number of hydrogen-bond donors (Lipinski definition) is 1. The quantitative estimate of drug-likeness (QED) is 0.721. The van der Waals surface area contributed by atoms with E-state index in [1.165, 1.54) is 18.6 Å². The van der Waals surface area contributed by atoms with E-state index < -0.39 is 0 Å². The summed E-state index contributed by atoms with van der Waals surface area (Å²) in [7, 11) is 1.75. The zero-order valence-electron chi connectivity index (χ0n) is 9.46. The number of carbonyl (C=O) groups excluding carboxylic acids is 1. The lowest BCUT2D eigenvalue weighted by Gasteiger charge is -2.15. The summed E-state index contributed by atoms with van der Waals surface area (Å²) in [5.74, 6) is -0.114. The molecule has 0 aliphatic carbocycles. The molecule has 1 aromatic rings. The van der Waals surface area contributed by atoms with Crippen LogP contribution >= 0.6 is 0 Å². The summed E-state index contributed by atoms with van der Waals surface area (Å²) in [6.45, 7) is 0.886. The van der Waals surface area contributed by atoms with Crippen LogP contribution in [-0.4, -0.2) is 46.1 Å². The molecule has 1 N–H and O–H groups in total. The van der Waals surface area contributed by atoms with Gasteiger partial charge in [-0.05, 0) is 19.3 Å². The third kappa shape index (κ3) is 3.94. The van der Waals surface area contributed by atoms with Gasteiger partial charge in [0.25, 0.3) is 5.91 Å². The molecule has 0 saturated heterocycles. The first-order valence-electron chi connectivity index (χ1n) is 5.38. The lowest BCUT2D eigenvalue weighted by molar-refractivity contribution is 0.0786. The fraction of sp³-hybridized carbons (Fsp3) is 0.545. The SMILES string of the molecule is CN(CCCCCO)C(=O)c1cnccn1. The second-order valence-corrected chi connectivity index (χ2v) is 3.60. The van der Waals surface area contributed by atoms with Crippen LogP contribution < -0.4 is 0 Å². The van der Waals surface area contributed by atoms with E-state index in [1.807, 2.05) is 0 Å². The number of rotatable bonds is 6. The molecule has 1 aromatic heterocycles. The van der Waals surface area contributed by atoms with Crippen molar-refractivity contribution in [1.82, 2.24) is 14.9 Å². The van der Waals surface area contributed by atoms with Crippen molar-refractivity contribution in [2.75, 3.05) is 20.2 Å². The van der Waals surface area contributed by atoms with Crippen LogP contribution in [0.5, 0.6) is 0 Å². The number of aliphatic hydroxyl groups is 1. The molecule has 1 rings (SSSR count). The number of aromatic nitrogens is 2. The van der Waals surface area contributed by atoms with Crippen LogP contribution in [0.1, 0.15) is 29.8 Å². The minimum absolute atomic E-state index is 0.114. The minimum atomic E-state index is -0.114. The van der Waals surface area contributed by atoms with Crippen molar-refractivity contribution >= 4 is 5.91 Å². The maximum absolute atomic E-state index is 11.8. The summed E-state index contributed by atoms with van der Waals surface area (Å²) in [5, 5.41) is 8.62. The van der Waals surface area contributed by atoms with Gasteiger partial charge in [0, 0.05) is 32.6 Å². The minimum Gasteiger partial charge on any atom is -0.396 e. The summed E-state index contributed by atoms with van der Waals surface area (Å²) >= 11 is 0. The molecule has 0 unspecified atom stereocenters. The van der Waals surface area contributed by atoms with Gasteiger partial charge in [0.05, 0.1) is 6.20 Å². The average Bonchev–Trinajstić information content (AvgIpc) is 2.34. The van der Waals surface area contributed by atoms with E-state index in [0.717, 1.165) is 19.3 Å². The van der Waals surface area contributed by atoms with Crippen molar-refractivity contribution in [3.8, 4) is 0 Å². The Morgan fingerprint density at radius 2 is 2.19 bits per heavy atom. The Balaban J connectivity index is 2.37. The van der Waals surface area contributed by atoms with Gasteiger partial charge in [0.1, 0.15) is 5.69 Å². The van der Waals surface area contributed by atoms with Crippen molar-refractivity contribution < 1.29 is 9.90 Å². The predicted octanol–water partition coefficient (Wildman–Crippen LogP) is 0.711. The summed E-state index contributed by atoms with van der Waals surface area (Å²) in [6.07, 6.45) is 7.11. The molecule has 0 fully saturated rings. The van der Waals surface area contributed by atoms with E-state index in [0.29, 0.717) is 12.2 Å². The number of nitrogens with zero attached hydrogens (tertiary/aromatic N) is 3. The Labute approximate surface area is 95.1 Å². The van der Waals surface area contributed by atoms with E-state index in [9.17, 15) is 4.79 Å². The fourth-order valence-electron chi connectivity index (χ4n) is 1.34. The number of aliphatic hydroxyl groups excluding tert-OH is 1. The number of unbranched alkanes of at least 4 members (excludes halogenated alkanes) is 2. The molecular formula is C11H17N3O2. The molecule has 0 saturated carbocycles. The largest absolute Gasteiger partial charge is 0.396 e. The molecule has 5 nitrogen and oxygen atoms in total. The maximum Gasteiger partial charge on any atom is 0.273 e. The highest BCUT2D eigenvalue weighted by Gasteiger charge is 2.11. The van der Waals surface area contributed by atoms with Crippen LogP contribution in [0.3, 0.4) is 0 Å². The topological polar surface area (TPSA) is 66.3 Å². The highest BCUT2D eigenvalue weighted by atomic mass is 16.2. The molecule has 1 amide bonds. The Hall–Kier alpha value is -1.49. The molecular weight excluding hydrogens is 206 g/mol. The van der Waals surface area contributed by atoms with Gasteiger partial charge >= 0.3 is 0 Å². The molecule has 0 spiro atoms. The Morgan fingerprint density at radius 1 is 1.38 bits per heavy atom. The molecule has 1 heterocycles. The van der Waals surface area contributed by atoms with E-state index >= 15 is 0 Å². The van der Waals surface area contributed by atoms with Crippen LogP contribution in [0, 0.1) is 0 Å². The van der Waals surface area contributed by atoms with Crippen LogP contribution in [0.15, 0.2) is 18.6 Å². The fourth-order valence-corrected chi connectivity index (χ4v) is 1.34. The van der Waals surface area contributed by atoms with Gasteiger partial charge in [0.2, 0.25) is 0 Å². The van der Waals surface area contributed by atoms with Gasteiger partial charge in [-0.15, -0.1) is 0 Å². The van der Waals surface area contributed by atoms with Crippen molar-refractivity contribution in [2.24, 2.45) is 0 Å². The Kier molecular flexibility index (Phi) is 5.42. The summed E-state index contributed by atoms with van der Waals surface area (Å²) in [4.78, 5) is 21.2. The summed E-state index contributed by atoms with van der Waals surface area (Å²) < 4.78 is 0. The van der Waals surface area contributed by atoms with Gasteiger partial charge in [-0.2, -0.15) is 0 Å². The molecule has 0 radical (unpaired) electrons. The molecule has 0 aromatic carbocycles. The average molecular weight is 223 g/mol. The molecule has 5 heteroatoms. The van der Waals surface area contributed by atoms with E-state index in [-0.39, 0.29) is 12.5 Å². The highest BCUT2D eigenvalue weighted by molar-refractivity contribution is 5.91. The van der Waals surface area contributed by atoms with Crippen molar-refractivity contribution in [3.63, 3.8) is 0 Å². The van der Waals surface area contributed by atoms with Crippen LogP contribution in [-0.2, 0) is 0 Å². The number of hydrogen-bond acceptors (Lipinski definition) is 4. The first kappa shape index (κ1) is 12.6. The van der Waals surface area contributed by atoms with Gasteiger partial charge in [-0.25, -0.2) is 4.98 Å². The van der Waals surface area contributed by atoms with Crippen LogP contribution in [0.2, 0.25) is 0 Å². The van der Waals surface area contributed by atoms with Crippen LogP contribution in [0.25, 0.3) is 0 Å². The summed E-state index contributed by atoms with van der Waals surface area (Å²) in [6, 6.07) is 0. The van der Waals surface area contributed by atoms with E-state index in [4.69, 9.17) is 5.11 Å². The number of carbonyl (C=O) groups is 1. The first-order chi connectivity index (χ1) is 7.75. The Bertz CT molecular complexity index is 316. The standard InChI is InChI=1S/C11H17N3O2/c1-14(7-3-2-4-8-15)11(16)10-9-12-5-6-13-10/h5-6,9,15H,2-4,7-8H2,1H3. The third-order valence-electron chi connectivity index (χ3n) is 2.28. The van der Waals surface area contributed by atoms with Gasteiger partial charge < -0.3 is 10.0 Å². The van der Waals surface area contributed by atoms with Gasteiger partial charge in [0.15, 0.2) is 0 Å². The van der Waals surface area contributed by atoms with Crippen molar-refractivity contribution in [1.29, 1.82) is 0 Å². The lowest BCUT2D eigenvalue weighted by Crippen LogP contribution is -2.28. The smallest absolute Gasteiger partial charge is 0.273 e. The second kappa shape index (κ2) is 6.90. The molecule has 0 atom stereocenters. The van der Waals surface area contributed by atoms with E-state index in [2.05, 4.69) is 9.97 Å². The second-order valence-electron chi connectivity index (χ2n) is 3.60. The molecule has 0 aliphatic heterocycles. The maximum atomic E-state index is 11.8. The molecule has 88 valence electrons. The summed E-state index contributed by atoms with van der Waals surface area (Å²) in [5.41, 5.74) is 0.368. The van der Waals surface area contributed by atoms with Crippen LogP contribution in [0.4, 0.5) is 0 Å². The molecule has 0 bridgehead atoms. The molecule has 0 aliphatic rings. The zero-order valence-corrected chi connectivity index (χ0v) is 9.46. The zero-order chi connectivity index (χ0) is 11.8. The van der Waals surface area contributed by atoms with Gasteiger partial charge in [-0.3, -0.25) is 9.78 Å². The van der Waals surface area contributed by atoms with Crippen molar-refractivity contribution in [3.05, 3.63) is 24.3 Å². The Morgan fingerprint density at radius 3 is 2.81 bits per heavy atom. The number of amides is 1. The first-order valence-corrected chi connectivity index (χ1v) is 5.38.